The second-order valence-corrected chi connectivity index (χ2v) is 5.48. The van der Waals surface area contributed by atoms with E-state index in [4.69, 9.17) is 15.2 Å². The highest BCUT2D eigenvalue weighted by atomic mass is 35.5. The van der Waals surface area contributed by atoms with Gasteiger partial charge < -0.3 is 20.1 Å². The van der Waals surface area contributed by atoms with E-state index in [2.05, 4.69) is 0 Å². The highest BCUT2D eigenvalue weighted by molar-refractivity contribution is 5.85. The molecule has 1 amide bonds. The molecule has 1 unspecified atom stereocenters. The quantitative estimate of drug-likeness (QED) is 0.782. The Kier molecular flexibility index (Phi) is 8.81. The van der Waals surface area contributed by atoms with Crippen molar-refractivity contribution in [1.82, 2.24) is 4.90 Å². The van der Waals surface area contributed by atoms with Crippen LogP contribution in [0.15, 0.2) is 54.6 Å². The van der Waals surface area contributed by atoms with E-state index in [0.717, 1.165) is 17.1 Å². The van der Waals surface area contributed by atoms with E-state index in [1.807, 2.05) is 54.6 Å². The largest absolute Gasteiger partial charge is 0.497 e. The summed E-state index contributed by atoms with van der Waals surface area (Å²) in [5.41, 5.74) is 6.74. The fraction of sp³-hybridized carbons (Fsp3) is 0.316. The number of ether oxygens (including phenoxy) is 2. The van der Waals surface area contributed by atoms with Gasteiger partial charge in [-0.1, -0.05) is 30.3 Å². The molecule has 0 saturated carbocycles. The summed E-state index contributed by atoms with van der Waals surface area (Å²) in [6, 6.07) is 17.0. The minimum Gasteiger partial charge on any atom is -0.497 e. The summed E-state index contributed by atoms with van der Waals surface area (Å²) in [6.07, 6.45) is 0. The fourth-order valence-corrected chi connectivity index (χ4v) is 2.41. The summed E-state index contributed by atoms with van der Waals surface area (Å²) in [5, 5.41) is 0. The predicted molar refractivity (Wildman–Crippen MR) is 102 cm³/mol. The predicted octanol–water partition coefficient (Wildman–Crippen LogP) is 2.70. The van der Waals surface area contributed by atoms with Crippen molar-refractivity contribution >= 4 is 18.3 Å². The van der Waals surface area contributed by atoms with Crippen LogP contribution in [-0.4, -0.2) is 44.7 Å². The lowest BCUT2D eigenvalue weighted by molar-refractivity contribution is -0.131. The van der Waals surface area contributed by atoms with Crippen LogP contribution in [0.3, 0.4) is 0 Å². The fourth-order valence-electron chi connectivity index (χ4n) is 2.41. The highest BCUT2D eigenvalue weighted by Gasteiger charge is 2.22. The Bertz CT molecular complexity index is 635. The molecule has 0 aliphatic rings. The summed E-state index contributed by atoms with van der Waals surface area (Å²) in [7, 11) is 3.39. The van der Waals surface area contributed by atoms with Crippen molar-refractivity contribution in [2.45, 2.75) is 5.92 Å². The first-order chi connectivity index (χ1) is 11.7. The van der Waals surface area contributed by atoms with E-state index in [1.54, 1.807) is 19.1 Å². The van der Waals surface area contributed by atoms with Gasteiger partial charge in [-0.15, -0.1) is 12.4 Å². The van der Waals surface area contributed by atoms with Crippen molar-refractivity contribution in [2.24, 2.45) is 5.73 Å². The second kappa shape index (κ2) is 10.6. The molecule has 25 heavy (non-hydrogen) atoms. The van der Waals surface area contributed by atoms with Gasteiger partial charge in [0.25, 0.3) is 0 Å². The lowest BCUT2D eigenvalue weighted by Gasteiger charge is -2.23. The molecule has 5 nitrogen and oxygen atoms in total. The molecule has 0 bridgehead atoms. The number of carbonyl (C=O) groups is 1. The SMILES string of the molecule is COc1ccc(OCCN(C)C(=O)C(CN)c2ccccc2)cc1.Cl. The number of carbonyl (C=O) groups excluding carboxylic acids is 1. The molecule has 1 atom stereocenters. The normalized spacial score (nSPS) is 11.2. The van der Waals surface area contributed by atoms with Gasteiger partial charge in [-0.3, -0.25) is 4.79 Å². The van der Waals surface area contributed by atoms with Gasteiger partial charge in [0, 0.05) is 13.6 Å². The molecule has 0 aliphatic carbocycles. The molecular weight excluding hydrogens is 340 g/mol. The van der Waals surface area contributed by atoms with Gasteiger partial charge in [-0.25, -0.2) is 0 Å². The Morgan fingerprint density at radius 2 is 1.68 bits per heavy atom. The average molecular weight is 365 g/mol. The highest BCUT2D eigenvalue weighted by Crippen LogP contribution is 2.18. The lowest BCUT2D eigenvalue weighted by atomic mass is 9.98. The van der Waals surface area contributed by atoms with E-state index < -0.39 is 0 Å². The smallest absolute Gasteiger partial charge is 0.231 e. The Morgan fingerprint density at radius 1 is 1.08 bits per heavy atom. The first kappa shape index (κ1) is 20.8. The van der Waals surface area contributed by atoms with Gasteiger partial charge in [-0.2, -0.15) is 0 Å². The third kappa shape index (κ3) is 5.96. The third-order valence-corrected chi connectivity index (χ3v) is 3.87. The Morgan fingerprint density at radius 3 is 2.24 bits per heavy atom. The van der Waals surface area contributed by atoms with Crippen LogP contribution >= 0.6 is 12.4 Å². The zero-order valence-electron chi connectivity index (χ0n) is 14.6. The maximum atomic E-state index is 12.6. The van der Waals surface area contributed by atoms with Gasteiger partial charge in [0.1, 0.15) is 18.1 Å². The topological polar surface area (TPSA) is 64.8 Å². The summed E-state index contributed by atoms with van der Waals surface area (Å²) in [5.74, 6) is 1.21. The van der Waals surface area contributed by atoms with Crippen molar-refractivity contribution in [2.75, 3.05) is 33.9 Å². The number of nitrogens with zero attached hydrogens (tertiary/aromatic N) is 1. The Labute approximate surface area is 155 Å². The maximum Gasteiger partial charge on any atom is 0.231 e. The number of amides is 1. The molecule has 0 aromatic heterocycles. The first-order valence-corrected chi connectivity index (χ1v) is 7.92. The molecule has 6 heteroatoms. The first-order valence-electron chi connectivity index (χ1n) is 7.92. The molecular formula is C19H25ClN2O3. The molecule has 0 saturated heterocycles. The Balaban J connectivity index is 0.00000312. The van der Waals surface area contributed by atoms with Crippen LogP contribution in [0.5, 0.6) is 11.5 Å². The molecule has 0 radical (unpaired) electrons. The third-order valence-electron chi connectivity index (χ3n) is 3.87. The van der Waals surface area contributed by atoms with Crippen LogP contribution in [0.2, 0.25) is 0 Å². The molecule has 0 aliphatic heterocycles. The summed E-state index contributed by atoms with van der Waals surface area (Å²) in [4.78, 5) is 14.2. The van der Waals surface area contributed by atoms with Gasteiger partial charge in [-0.05, 0) is 29.8 Å². The van der Waals surface area contributed by atoms with E-state index in [1.165, 1.54) is 0 Å². The molecule has 2 N–H and O–H groups in total. The minimum atomic E-state index is -0.322. The van der Waals surface area contributed by atoms with Crippen molar-refractivity contribution in [3.05, 3.63) is 60.2 Å². The van der Waals surface area contributed by atoms with Crippen molar-refractivity contribution in [1.29, 1.82) is 0 Å². The van der Waals surface area contributed by atoms with E-state index in [0.29, 0.717) is 13.2 Å². The summed E-state index contributed by atoms with van der Waals surface area (Å²) >= 11 is 0. The molecule has 136 valence electrons. The van der Waals surface area contributed by atoms with Crippen LogP contribution in [0.1, 0.15) is 11.5 Å². The lowest BCUT2D eigenvalue weighted by Crippen LogP contribution is -2.37. The van der Waals surface area contributed by atoms with Crippen LogP contribution < -0.4 is 15.2 Å². The molecule has 0 spiro atoms. The maximum absolute atomic E-state index is 12.6. The molecule has 2 aromatic carbocycles. The number of likely N-dealkylation sites (N-methyl/N-ethyl adjacent to an activating group) is 1. The summed E-state index contributed by atoms with van der Waals surface area (Å²) in [6.45, 7) is 1.20. The molecule has 0 fully saturated rings. The van der Waals surface area contributed by atoms with E-state index in [9.17, 15) is 4.79 Å². The number of halogens is 1. The van der Waals surface area contributed by atoms with Crippen LogP contribution in [-0.2, 0) is 4.79 Å². The van der Waals surface area contributed by atoms with Crippen LogP contribution in [0.4, 0.5) is 0 Å². The standard InChI is InChI=1S/C19H24N2O3.ClH/c1-21(12-13-24-17-10-8-16(23-2)9-11-17)19(22)18(14-20)15-6-4-3-5-7-15;/h3-11,18H,12-14,20H2,1-2H3;1H. The monoisotopic (exact) mass is 364 g/mol. The zero-order chi connectivity index (χ0) is 17.4. The second-order valence-electron chi connectivity index (χ2n) is 5.48. The van der Waals surface area contributed by atoms with Gasteiger partial charge in [0.05, 0.1) is 19.6 Å². The molecule has 2 rings (SSSR count). The van der Waals surface area contributed by atoms with Gasteiger partial charge >= 0.3 is 0 Å². The number of rotatable bonds is 8. The van der Waals surface area contributed by atoms with Crippen molar-refractivity contribution < 1.29 is 14.3 Å². The van der Waals surface area contributed by atoms with Crippen molar-refractivity contribution in [3.63, 3.8) is 0 Å². The number of benzene rings is 2. The number of hydrogen-bond donors (Lipinski definition) is 1. The van der Waals surface area contributed by atoms with Gasteiger partial charge in [0.15, 0.2) is 0 Å². The zero-order valence-corrected chi connectivity index (χ0v) is 15.4. The average Bonchev–Trinajstić information content (AvgIpc) is 2.63. The van der Waals surface area contributed by atoms with Crippen LogP contribution in [0, 0.1) is 0 Å². The molecule has 0 heterocycles. The summed E-state index contributed by atoms with van der Waals surface area (Å²) < 4.78 is 10.8. The number of hydrogen-bond acceptors (Lipinski definition) is 4. The Hall–Kier alpha value is -2.24. The molecule has 2 aromatic rings. The van der Waals surface area contributed by atoms with E-state index in [-0.39, 0.29) is 30.8 Å². The van der Waals surface area contributed by atoms with Crippen LogP contribution in [0.25, 0.3) is 0 Å². The number of methoxy groups -OCH3 is 1. The van der Waals surface area contributed by atoms with E-state index >= 15 is 0 Å². The van der Waals surface area contributed by atoms with Crippen molar-refractivity contribution in [3.8, 4) is 11.5 Å². The minimum absolute atomic E-state index is 0. The number of nitrogens with two attached hydrogens (primary N) is 1. The van der Waals surface area contributed by atoms with Gasteiger partial charge in [0.2, 0.25) is 5.91 Å².